The second-order valence-electron chi connectivity index (χ2n) is 4.25. The maximum absolute atomic E-state index is 11.7. The number of rotatable bonds is 2. The van der Waals surface area contributed by atoms with Crippen molar-refractivity contribution in [2.45, 2.75) is 6.54 Å². The number of anilines is 1. The summed E-state index contributed by atoms with van der Waals surface area (Å²) in [6.07, 6.45) is 0. The molecule has 5 nitrogen and oxygen atoms in total. The molecule has 0 amide bonds. The highest BCUT2D eigenvalue weighted by atomic mass is 16.1. The van der Waals surface area contributed by atoms with Crippen LogP contribution < -0.4 is 11.3 Å². The zero-order valence-electron chi connectivity index (χ0n) is 10.2. The van der Waals surface area contributed by atoms with Crippen LogP contribution in [0.5, 0.6) is 0 Å². The van der Waals surface area contributed by atoms with Crippen LogP contribution in [0.25, 0.3) is 10.9 Å². The van der Waals surface area contributed by atoms with Crippen LogP contribution in [-0.4, -0.2) is 14.8 Å². The van der Waals surface area contributed by atoms with E-state index in [2.05, 4.69) is 10.1 Å². The first kappa shape index (κ1) is 11.4. The van der Waals surface area contributed by atoms with Crippen molar-refractivity contribution >= 4 is 16.7 Å². The highest BCUT2D eigenvalue weighted by Crippen LogP contribution is 2.12. The van der Waals surface area contributed by atoms with E-state index in [1.54, 1.807) is 0 Å². The van der Waals surface area contributed by atoms with E-state index in [1.807, 2.05) is 36.4 Å². The van der Waals surface area contributed by atoms with Crippen LogP contribution in [0.3, 0.4) is 0 Å². The van der Waals surface area contributed by atoms with Gasteiger partial charge in [-0.2, -0.15) is 5.10 Å². The van der Waals surface area contributed by atoms with Gasteiger partial charge in [-0.1, -0.05) is 24.3 Å². The quantitative estimate of drug-likeness (QED) is 0.748. The molecule has 0 saturated heterocycles. The fraction of sp³-hybridized carbons (Fsp3) is 0.0714. The van der Waals surface area contributed by atoms with Gasteiger partial charge < -0.3 is 5.73 Å². The molecule has 0 fully saturated rings. The molecular weight excluding hydrogens is 240 g/mol. The number of hydrogen-bond acceptors (Lipinski definition) is 4. The molecule has 5 heteroatoms. The van der Waals surface area contributed by atoms with Crippen molar-refractivity contribution < 1.29 is 0 Å². The normalized spacial score (nSPS) is 10.7. The molecule has 94 valence electrons. The van der Waals surface area contributed by atoms with Crippen LogP contribution in [0.2, 0.25) is 0 Å². The zero-order chi connectivity index (χ0) is 13.2. The van der Waals surface area contributed by atoms with Gasteiger partial charge in [0.05, 0.1) is 17.8 Å². The van der Waals surface area contributed by atoms with Gasteiger partial charge in [0, 0.05) is 11.5 Å². The molecule has 0 bridgehead atoms. The molecule has 0 unspecified atom stereocenters. The predicted octanol–water partition coefficient (Wildman–Crippen LogP) is 1.42. The van der Waals surface area contributed by atoms with E-state index < -0.39 is 0 Å². The fourth-order valence-corrected chi connectivity index (χ4v) is 1.93. The molecule has 0 radical (unpaired) electrons. The number of aromatic nitrogens is 3. The Morgan fingerprint density at radius 3 is 2.79 bits per heavy atom. The van der Waals surface area contributed by atoms with Crippen molar-refractivity contribution in [3.63, 3.8) is 0 Å². The molecule has 19 heavy (non-hydrogen) atoms. The Morgan fingerprint density at radius 2 is 1.89 bits per heavy atom. The lowest BCUT2D eigenvalue weighted by Gasteiger charge is -2.05. The van der Waals surface area contributed by atoms with E-state index in [0.717, 1.165) is 16.6 Å². The van der Waals surface area contributed by atoms with Crippen molar-refractivity contribution in [3.8, 4) is 0 Å². The summed E-state index contributed by atoms with van der Waals surface area (Å²) in [4.78, 5) is 16.2. The SMILES string of the molecule is Nc1ccc(=O)n(Cc2ccc3ccccc3n2)n1. The van der Waals surface area contributed by atoms with Gasteiger partial charge in [-0.05, 0) is 18.2 Å². The summed E-state index contributed by atoms with van der Waals surface area (Å²) in [7, 11) is 0. The minimum atomic E-state index is -0.191. The first-order chi connectivity index (χ1) is 9.22. The summed E-state index contributed by atoms with van der Waals surface area (Å²) >= 11 is 0. The van der Waals surface area contributed by atoms with Crippen molar-refractivity contribution in [1.82, 2.24) is 14.8 Å². The number of nitrogen functional groups attached to an aromatic ring is 1. The molecule has 0 saturated carbocycles. The number of para-hydroxylation sites is 1. The smallest absolute Gasteiger partial charge is 0.267 e. The van der Waals surface area contributed by atoms with Crippen LogP contribution in [0.15, 0.2) is 53.3 Å². The summed E-state index contributed by atoms with van der Waals surface area (Å²) in [5.74, 6) is 0.320. The van der Waals surface area contributed by atoms with Gasteiger partial charge in [-0.3, -0.25) is 9.78 Å². The summed E-state index contributed by atoms with van der Waals surface area (Å²) < 4.78 is 1.31. The van der Waals surface area contributed by atoms with E-state index in [9.17, 15) is 4.79 Å². The highest BCUT2D eigenvalue weighted by molar-refractivity contribution is 5.78. The minimum Gasteiger partial charge on any atom is -0.382 e. The van der Waals surface area contributed by atoms with Gasteiger partial charge >= 0.3 is 0 Å². The third-order valence-corrected chi connectivity index (χ3v) is 2.86. The number of nitrogens with zero attached hydrogens (tertiary/aromatic N) is 3. The van der Waals surface area contributed by atoms with Crippen molar-refractivity contribution in [2.24, 2.45) is 0 Å². The Bertz CT molecular complexity index is 795. The number of hydrogen-bond donors (Lipinski definition) is 1. The van der Waals surface area contributed by atoms with E-state index in [0.29, 0.717) is 12.4 Å². The van der Waals surface area contributed by atoms with E-state index in [-0.39, 0.29) is 5.56 Å². The van der Waals surface area contributed by atoms with E-state index >= 15 is 0 Å². The second-order valence-corrected chi connectivity index (χ2v) is 4.25. The molecular formula is C14H12N4O. The summed E-state index contributed by atoms with van der Waals surface area (Å²) in [5.41, 5.74) is 7.07. The van der Waals surface area contributed by atoms with Gasteiger partial charge in [-0.15, -0.1) is 0 Å². The van der Waals surface area contributed by atoms with Gasteiger partial charge in [0.2, 0.25) is 0 Å². The van der Waals surface area contributed by atoms with Crippen LogP contribution in [0.4, 0.5) is 5.82 Å². The van der Waals surface area contributed by atoms with E-state index in [4.69, 9.17) is 5.73 Å². The highest BCUT2D eigenvalue weighted by Gasteiger charge is 2.02. The van der Waals surface area contributed by atoms with Crippen LogP contribution in [0.1, 0.15) is 5.69 Å². The number of nitrogens with two attached hydrogens (primary N) is 1. The lowest BCUT2D eigenvalue weighted by Crippen LogP contribution is -2.23. The third kappa shape index (κ3) is 2.30. The standard InChI is InChI=1S/C14H12N4O/c15-13-7-8-14(19)18(17-13)9-11-6-5-10-3-1-2-4-12(10)16-11/h1-8H,9H2,(H2,15,17). The molecule has 0 spiro atoms. The average molecular weight is 252 g/mol. The molecule has 0 aliphatic carbocycles. The van der Waals surface area contributed by atoms with Crippen molar-refractivity contribution in [2.75, 3.05) is 5.73 Å². The first-order valence-corrected chi connectivity index (χ1v) is 5.91. The summed E-state index contributed by atoms with van der Waals surface area (Å²) in [6.45, 7) is 0.314. The molecule has 2 heterocycles. The Morgan fingerprint density at radius 1 is 1.05 bits per heavy atom. The molecule has 0 atom stereocenters. The second kappa shape index (κ2) is 4.53. The lowest BCUT2D eigenvalue weighted by molar-refractivity contribution is 0.634. The number of pyridine rings is 1. The topological polar surface area (TPSA) is 73.8 Å². The summed E-state index contributed by atoms with van der Waals surface area (Å²) in [5, 5.41) is 5.06. The molecule has 0 aliphatic rings. The third-order valence-electron chi connectivity index (χ3n) is 2.86. The van der Waals surface area contributed by atoms with Crippen molar-refractivity contribution in [1.29, 1.82) is 0 Å². The van der Waals surface area contributed by atoms with Gasteiger partial charge in [0.25, 0.3) is 5.56 Å². The molecule has 3 rings (SSSR count). The molecule has 0 aliphatic heterocycles. The van der Waals surface area contributed by atoms with Crippen molar-refractivity contribution in [3.05, 3.63) is 64.6 Å². The monoisotopic (exact) mass is 252 g/mol. The zero-order valence-corrected chi connectivity index (χ0v) is 10.2. The average Bonchev–Trinajstić information content (AvgIpc) is 2.43. The van der Waals surface area contributed by atoms with Gasteiger partial charge in [0.1, 0.15) is 5.82 Å². The summed E-state index contributed by atoms with van der Waals surface area (Å²) in [6, 6.07) is 14.6. The molecule has 2 N–H and O–H groups in total. The molecule has 1 aromatic carbocycles. The number of benzene rings is 1. The molecule has 3 aromatic rings. The minimum absolute atomic E-state index is 0.191. The largest absolute Gasteiger partial charge is 0.382 e. The molecule has 2 aromatic heterocycles. The van der Waals surface area contributed by atoms with Gasteiger partial charge in [0.15, 0.2) is 0 Å². The van der Waals surface area contributed by atoms with Crippen LogP contribution in [-0.2, 0) is 6.54 Å². The Balaban J connectivity index is 2.01. The first-order valence-electron chi connectivity index (χ1n) is 5.91. The fourth-order valence-electron chi connectivity index (χ4n) is 1.93. The lowest BCUT2D eigenvalue weighted by atomic mass is 10.2. The maximum atomic E-state index is 11.7. The van der Waals surface area contributed by atoms with Crippen LogP contribution in [0, 0.1) is 0 Å². The Labute approximate surface area is 109 Å². The van der Waals surface area contributed by atoms with Gasteiger partial charge in [-0.25, -0.2) is 4.68 Å². The number of fused-ring (bicyclic) bond motifs is 1. The van der Waals surface area contributed by atoms with Crippen LogP contribution >= 0.6 is 0 Å². The van der Waals surface area contributed by atoms with E-state index in [1.165, 1.54) is 16.8 Å². The Hall–Kier alpha value is -2.69. The predicted molar refractivity (Wildman–Crippen MR) is 73.8 cm³/mol. The maximum Gasteiger partial charge on any atom is 0.267 e. The Kier molecular flexibility index (Phi) is 2.72.